The number of nitrogens with one attached hydrogen (secondary N) is 2. The van der Waals surface area contributed by atoms with Crippen LogP contribution in [-0.4, -0.2) is 45.4 Å². The van der Waals surface area contributed by atoms with Crippen LogP contribution in [0.15, 0.2) is 18.2 Å². The molecule has 1 aromatic rings. The van der Waals surface area contributed by atoms with Gasteiger partial charge >= 0.3 is 0 Å². The van der Waals surface area contributed by atoms with Gasteiger partial charge in [0.1, 0.15) is 0 Å². The molecule has 0 aromatic heterocycles. The van der Waals surface area contributed by atoms with Gasteiger partial charge in [-0.05, 0) is 38.5 Å². The Balaban J connectivity index is 0.00000529. The second-order valence-corrected chi connectivity index (χ2v) is 6.24. The zero-order valence-electron chi connectivity index (χ0n) is 15.1. The van der Waals surface area contributed by atoms with Gasteiger partial charge in [0.2, 0.25) is 0 Å². The maximum absolute atomic E-state index is 11.8. The molecule has 7 heteroatoms. The first kappa shape index (κ1) is 22.5. The van der Waals surface area contributed by atoms with Gasteiger partial charge in [0.15, 0.2) is 18.1 Å². The molecule has 138 valence electrons. The van der Waals surface area contributed by atoms with Gasteiger partial charge in [-0.2, -0.15) is 0 Å². The maximum Gasteiger partial charge on any atom is 0.258 e. The van der Waals surface area contributed by atoms with E-state index in [1.807, 2.05) is 39.0 Å². The number of benzene rings is 1. The normalized spacial score (nSPS) is 10.7. The van der Waals surface area contributed by atoms with Crippen molar-refractivity contribution in [1.29, 1.82) is 0 Å². The number of hydrogen-bond donors (Lipinski definition) is 2. The lowest BCUT2D eigenvalue weighted by molar-refractivity contribution is -0.124. The molecule has 0 spiro atoms. The summed E-state index contributed by atoms with van der Waals surface area (Å²) in [4.78, 5) is 11.8. The summed E-state index contributed by atoms with van der Waals surface area (Å²) in [6.45, 7) is 7.90. The van der Waals surface area contributed by atoms with E-state index in [1.165, 1.54) is 0 Å². The van der Waals surface area contributed by atoms with Gasteiger partial charge in [0.05, 0.1) is 13.7 Å². The summed E-state index contributed by atoms with van der Waals surface area (Å²) in [5, 5.41) is 6.12. The minimum Gasteiger partial charge on any atom is -0.493 e. The summed E-state index contributed by atoms with van der Waals surface area (Å²) in [6, 6.07) is 5.66. The van der Waals surface area contributed by atoms with E-state index in [0.29, 0.717) is 24.7 Å². The van der Waals surface area contributed by atoms with Gasteiger partial charge in [0, 0.05) is 25.7 Å². The first-order valence-electron chi connectivity index (χ1n) is 7.66. The molecule has 2 N–H and O–H groups in total. The average Bonchev–Trinajstić information content (AvgIpc) is 2.48. The smallest absolute Gasteiger partial charge is 0.258 e. The lowest BCUT2D eigenvalue weighted by Crippen LogP contribution is -2.43. The summed E-state index contributed by atoms with van der Waals surface area (Å²) >= 11 is 0. The standard InChI is InChI=1S/C17H28N2O4.ClH/c1-17(2,3)19-16(20)12-23-14-7-6-13(10-15(14)22-5)11-18-8-9-21-4;/h6-7,10,18H,8-9,11-12H2,1-5H3,(H,19,20);1H. The Kier molecular flexibility index (Phi) is 10.4. The predicted octanol–water partition coefficient (Wildman–Crippen LogP) is 2.15. The molecular weight excluding hydrogens is 332 g/mol. The van der Waals surface area contributed by atoms with Crippen molar-refractivity contribution in [2.75, 3.05) is 34.0 Å². The Hall–Kier alpha value is -1.50. The van der Waals surface area contributed by atoms with Crippen molar-refractivity contribution in [2.24, 2.45) is 0 Å². The van der Waals surface area contributed by atoms with Crippen LogP contribution in [0.5, 0.6) is 11.5 Å². The lowest BCUT2D eigenvalue weighted by Gasteiger charge is -2.20. The number of amides is 1. The second kappa shape index (κ2) is 11.1. The fourth-order valence-electron chi connectivity index (χ4n) is 1.95. The summed E-state index contributed by atoms with van der Waals surface area (Å²) < 4.78 is 15.9. The summed E-state index contributed by atoms with van der Waals surface area (Å²) in [5.41, 5.74) is 0.798. The molecule has 24 heavy (non-hydrogen) atoms. The maximum atomic E-state index is 11.8. The Labute approximate surface area is 150 Å². The van der Waals surface area contributed by atoms with Crippen LogP contribution in [0, 0.1) is 0 Å². The summed E-state index contributed by atoms with van der Waals surface area (Å²) in [6.07, 6.45) is 0. The van der Waals surface area contributed by atoms with Gasteiger partial charge in [-0.3, -0.25) is 4.79 Å². The third-order valence-electron chi connectivity index (χ3n) is 2.91. The fourth-order valence-corrected chi connectivity index (χ4v) is 1.95. The molecule has 0 heterocycles. The van der Waals surface area contributed by atoms with Crippen LogP contribution < -0.4 is 20.1 Å². The molecule has 0 saturated heterocycles. The number of ether oxygens (including phenoxy) is 3. The Morgan fingerprint density at radius 2 is 1.88 bits per heavy atom. The van der Waals surface area contributed by atoms with E-state index in [0.717, 1.165) is 12.1 Å². The van der Waals surface area contributed by atoms with Crippen LogP contribution in [0.3, 0.4) is 0 Å². The van der Waals surface area contributed by atoms with Crippen molar-refractivity contribution in [3.05, 3.63) is 23.8 Å². The van der Waals surface area contributed by atoms with Crippen LogP contribution >= 0.6 is 12.4 Å². The van der Waals surface area contributed by atoms with Crippen LogP contribution in [0.2, 0.25) is 0 Å². The molecule has 0 aliphatic carbocycles. The molecule has 0 atom stereocenters. The SMILES string of the molecule is COCCNCc1ccc(OCC(=O)NC(C)(C)C)c(OC)c1.Cl. The Morgan fingerprint density at radius 1 is 1.17 bits per heavy atom. The Bertz CT molecular complexity index is 504. The highest BCUT2D eigenvalue weighted by atomic mass is 35.5. The minimum atomic E-state index is -0.276. The van der Waals surface area contributed by atoms with Gasteiger partial charge in [-0.1, -0.05) is 6.07 Å². The van der Waals surface area contributed by atoms with E-state index in [-0.39, 0.29) is 30.5 Å². The van der Waals surface area contributed by atoms with Crippen molar-refractivity contribution in [1.82, 2.24) is 10.6 Å². The molecule has 1 amide bonds. The molecule has 0 fully saturated rings. The first-order chi connectivity index (χ1) is 10.9. The highest BCUT2D eigenvalue weighted by molar-refractivity contribution is 5.85. The second-order valence-electron chi connectivity index (χ2n) is 6.24. The quantitative estimate of drug-likeness (QED) is 0.660. The molecule has 0 radical (unpaired) electrons. The van der Waals surface area contributed by atoms with Crippen molar-refractivity contribution < 1.29 is 19.0 Å². The molecule has 0 unspecified atom stereocenters. The molecule has 0 bridgehead atoms. The molecule has 0 aliphatic rings. The lowest BCUT2D eigenvalue weighted by atomic mass is 10.1. The molecule has 6 nitrogen and oxygen atoms in total. The van der Waals surface area contributed by atoms with Gasteiger partial charge in [-0.15, -0.1) is 12.4 Å². The van der Waals surface area contributed by atoms with Crippen LogP contribution in [-0.2, 0) is 16.1 Å². The van der Waals surface area contributed by atoms with Crippen molar-refractivity contribution >= 4 is 18.3 Å². The molecular formula is C17H29ClN2O4. The van der Waals surface area contributed by atoms with E-state index in [2.05, 4.69) is 10.6 Å². The van der Waals surface area contributed by atoms with Gasteiger partial charge in [0.25, 0.3) is 5.91 Å². The van der Waals surface area contributed by atoms with E-state index in [4.69, 9.17) is 14.2 Å². The highest BCUT2D eigenvalue weighted by Gasteiger charge is 2.15. The Morgan fingerprint density at radius 3 is 2.46 bits per heavy atom. The van der Waals surface area contributed by atoms with Crippen molar-refractivity contribution in [2.45, 2.75) is 32.9 Å². The van der Waals surface area contributed by atoms with Gasteiger partial charge < -0.3 is 24.8 Å². The zero-order valence-corrected chi connectivity index (χ0v) is 15.9. The van der Waals surface area contributed by atoms with Crippen molar-refractivity contribution in [3.8, 4) is 11.5 Å². The van der Waals surface area contributed by atoms with E-state index in [1.54, 1.807) is 14.2 Å². The number of hydrogen-bond acceptors (Lipinski definition) is 5. The minimum absolute atomic E-state index is 0. The molecule has 1 aromatic carbocycles. The van der Waals surface area contributed by atoms with Crippen LogP contribution in [0.4, 0.5) is 0 Å². The third-order valence-corrected chi connectivity index (χ3v) is 2.91. The number of methoxy groups -OCH3 is 2. The highest BCUT2D eigenvalue weighted by Crippen LogP contribution is 2.28. The largest absolute Gasteiger partial charge is 0.493 e. The number of carbonyl (C=O) groups is 1. The molecule has 0 aliphatic heterocycles. The van der Waals surface area contributed by atoms with E-state index >= 15 is 0 Å². The number of rotatable bonds is 9. The third kappa shape index (κ3) is 8.96. The summed E-state index contributed by atoms with van der Waals surface area (Å²) in [5.74, 6) is 1.00. The number of halogens is 1. The van der Waals surface area contributed by atoms with Crippen LogP contribution in [0.1, 0.15) is 26.3 Å². The van der Waals surface area contributed by atoms with E-state index in [9.17, 15) is 4.79 Å². The monoisotopic (exact) mass is 360 g/mol. The van der Waals surface area contributed by atoms with Gasteiger partial charge in [-0.25, -0.2) is 0 Å². The average molecular weight is 361 g/mol. The molecule has 0 saturated carbocycles. The zero-order chi connectivity index (χ0) is 17.3. The fraction of sp³-hybridized carbons (Fsp3) is 0.588. The topological polar surface area (TPSA) is 68.8 Å². The first-order valence-corrected chi connectivity index (χ1v) is 7.66. The molecule has 1 rings (SSSR count). The van der Waals surface area contributed by atoms with Crippen LogP contribution in [0.25, 0.3) is 0 Å². The predicted molar refractivity (Wildman–Crippen MR) is 97.2 cm³/mol. The van der Waals surface area contributed by atoms with E-state index < -0.39 is 0 Å². The summed E-state index contributed by atoms with van der Waals surface area (Å²) in [7, 11) is 3.26. The van der Waals surface area contributed by atoms with Crippen molar-refractivity contribution in [3.63, 3.8) is 0 Å². The number of carbonyl (C=O) groups excluding carboxylic acids is 1.